The van der Waals surface area contributed by atoms with Crippen LogP contribution < -0.4 is 20.3 Å². The van der Waals surface area contributed by atoms with Gasteiger partial charge < -0.3 is 20.3 Å². The molecular formula is C23H26N6O2. The van der Waals surface area contributed by atoms with E-state index in [-0.39, 0.29) is 5.91 Å². The number of rotatable bonds is 6. The summed E-state index contributed by atoms with van der Waals surface area (Å²) in [5, 5.41) is 6.13. The molecule has 4 rings (SSSR count). The molecule has 8 heteroatoms. The van der Waals surface area contributed by atoms with Gasteiger partial charge in [-0.05, 0) is 56.5 Å². The van der Waals surface area contributed by atoms with Crippen molar-refractivity contribution in [1.29, 1.82) is 0 Å². The van der Waals surface area contributed by atoms with Crippen LogP contribution in [0.5, 0.6) is 5.88 Å². The molecule has 0 unspecified atom stereocenters. The van der Waals surface area contributed by atoms with Crippen molar-refractivity contribution in [1.82, 2.24) is 15.0 Å². The first kappa shape index (κ1) is 20.6. The molecule has 160 valence electrons. The second-order valence-electron chi connectivity index (χ2n) is 7.48. The van der Waals surface area contributed by atoms with Gasteiger partial charge in [0.15, 0.2) is 0 Å². The van der Waals surface area contributed by atoms with Gasteiger partial charge >= 0.3 is 0 Å². The molecule has 0 saturated carbocycles. The minimum Gasteiger partial charge on any atom is -0.481 e. The van der Waals surface area contributed by atoms with Crippen molar-refractivity contribution in [2.45, 2.75) is 26.2 Å². The van der Waals surface area contributed by atoms with E-state index in [9.17, 15) is 4.79 Å². The maximum Gasteiger partial charge on any atom is 0.257 e. The summed E-state index contributed by atoms with van der Waals surface area (Å²) in [5.74, 6) is 1.77. The lowest BCUT2D eigenvalue weighted by Gasteiger charge is -2.28. The number of anilines is 4. The molecule has 1 fully saturated rings. The Kier molecular flexibility index (Phi) is 6.26. The lowest BCUT2D eigenvalue weighted by atomic mass is 10.1. The summed E-state index contributed by atoms with van der Waals surface area (Å²) >= 11 is 0. The number of hydrogen-bond acceptors (Lipinski definition) is 7. The van der Waals surface area contributed by atoms with Crippen LogP contribution in [0.2, 0.25) is 0 Å². The van der Waals surface area contributed by atoms with Gasteiger partial charge in [0.05, 0.1) is 12.7 Å². The van der Waals surface area contributed by atoms with E-state index in [1.165, 1.54) is 32.6 Å². The smallest absolute Gasteiger partial charge is 0.257 e. The molecule has 1 aliphatic rings. The molecule has 1 amide bonds. The van der Waals surface area contributed by atoms with Crippen LogP contribution in [-0.4, -0.2) is 41.1 Å². The van der Waals surface area contributed by atoms with Crippen LogP contribution in [0.1, 0.15) is 35.3 Å². The van der Waals surface area contributed by atoms with Gasteiger partial charge in [-0.25, -0.2) is 9.97 Å². The van der Waals surface area contributed by atoms with E-state index in [0.717, 1.165) is 30.3 Å². The number of piperidine rings is 1. The molecule has 1 aliphatic heterocycles. The number of hydrogen-bond donors (Lipinski definition) is 2. The number of nitrogens with zero attached hydrogens (tertiary/aromatic N) is 4. The van der Waals surface area contributed by atoms with E-state index in [1.807, 2.05) is 37.3 Å². The first-order chi connectivity index (χ1) is 15.1. The normalized spacial score (nSPS) is 13.5. The summed E-state index contributed by atoms with van der Waals surface area (Å²) in [6, 6.07) is 12.8. The van der Waals surface area contributed by atoms with Crippen molar-refractivity contribution in [2.75, 3.05) is 35.7 Å². The van der Waals surface area contributed by atoms with Crippen molar-refractivity contribution < 1.29 is 9.53 Å². The first-order valence-electron chi connectivity index (χ1n) is 10.4. The molecule has 0 aliphatic carbocycles. The zero-order valence-electron chi connectivity index (χ0n) is 17.8. The lowest BCUT2D eigenvalue weighted by Crippen LogP contribution is -2.30. The van der Waals surface area contributed by atoms with Crippen molar-refractivity contribution in [2.24, 2.45) is 0 Å². The summed E-state index contributed by atoms with van der Waals surface area (Å²) in [5.41, 5.74) is 2.92. The number of pyridine rings is 1. The summed E-state index contributed by atoms with van der Waals surface area (Å²) < 4.78 is 5.02. The second-order valence-corrected chi connectivity index (χ2v) is 7.48. The van der Waals surface area contributed by atoms with Gasteiger partial charge in [0.2, 0.25) is 11.8 Å². The minimum atomic E-state index is -0.232. The summed E-state index contributed by atoms with van der Waals surface area (Å²) in [6.45, 7) is 4.05. The molecule has 3 aromatic rings. The zero-order valence-corrected chi connectivity index (χ0v) is 17.8. The van der Waals surface area contributed by atoms with Gasteiger partial charge in [-0.1, -0.05) is 0 Å². The number of ether oxygens (including phenoxy) is 1. The maximum absolute atomic E-state index is 12.4. The molecule has 2 aromatic heterocycles. The number of aromatic nitrogens is 3. The molecule has 1 aromatic carbocycles. The van der Waals surface area contributed by atoms with Crippen LogP contribution >= 0.6 is 0 Å². The Hall–Kier alpha value is -3.68. The Labute approximate surface area is 181 Å². The Morgan fingerprint density at radius 2 is 1.74 bits per heavy atom. The Morgan fingerprint density at radius 3 is 2.42 bits per heavy atom. The van der Waals surface area contributed by atoms with Crippen molar-refractivity contribution in [3.05, 3.63) is 59.9 Å². The van der Waals surface area contributed by atoms with Crippen LogP contribution in [0.3, 0.4) is 0 Å². The molecule has 8 nitrogen and oxygen atoms in total. The average molecular weight is 419 g/mol. The summed E-state index contributed by atoms with van der Waals surface area (Å²) in [7, 11) is 1.54. The van der Waals surface area contributed by atoms with E-state index < -0.39 is 0 Å². The highest BCUT2D eigenvalue weighted by Gasteiger charge is 2.14. The molecule has 0 spiro atoms. The summed E-state index contributed by atoms with van der Waals surface area (Å²) in [6.07, 6.45) is 5.17. The number of nitrogens with one attached hydrogen (secondary N) is 2. The second kappa shape index (κ2) is 9.42. The average Bonchev–Trinajstić information content (AvgIpc) is 2.80. The number of methoxy groups -OCH3 is 1. The molecule has 0 atom stereocenters. The highest BCUT2D eigenvalue weighted by atomic mass is 16.5. The number of carbonyl (C=O) groups is 1. The monoisotopic (exact) mass is 418 g/mol. The third-order valence-corrected chi connectivity index (χ3v) is 5.13. The molecular weight excluding hydrogens is 392 g/mol. The van der Waals surface area contributed by atoms with E-state index >= 15 is 0 Å². The van der Waals surface area contributed by atoms with Gasteiger partial charge in [-0.2, -0.15) is 4.98 Å². The Bertz CT molecular complexity index is 1030. The van der Waals surface area contributed by atoms with Gasteiger partial charge in [0.25, 0.3) is 5.91 Å². The quantitative estimate of drug-likeness (QED) is 0.620. The molecule has 2 N–H and O–H groups in total. The van der Waals surface area contributed by atoms with Gasteiger partial charge in [0, 0.05) is 48.5 Å². The molecule has 0 radical (unpaired) electrons. The fourth-order valence-electron chi connectivity index (χ4n) is 3.50. The van der Waals surface area contributed by atoms with Crippen molar-refractivity contribution >= 4 is 29.0 Å². The first-order valence-corrected chi connectivity index (χ1v) is 10.4. The number of aryl methyl sites for hydroxylation is 1. The van der Waals surface area contributed by atoms with Crippen LogP contribution in [0.4, 0.5) is 23.1 Å². The lowest BCUT2D eigenvalue weighted by molar-refractivity contribution is 0.102. The highest BCUT2D eigenvalue weighted by molar-refractivity contribution is 6.04. The number of carbonyl (C=O) groups excluding carboxylic acids is 1. The largest absolute Gasteiger partial charge is 0.481 e. The predicted octanol–water partition coefficient (Wildman–Crippen LogP) is 4.17. The van der Waals surface area contributed by atoms with Gasteiger partial charge in [-0.3, -0.25) is 4.79 Å². The van der Waals surface area contributed by atoms with Gasteiger partial charge in [-0.15, -0.1) is 0 Å². The van der Waals surface area contributed by atoms with Crippen molar-refractivity contribution in [3.63, 3.8) is 0 Å². The number of amides is 1. The van der Waals surface area contributed by atoms with Crippen LogP contribution in [0.15, 0.2) is 48.7 Å². The van der Waals surface area contributed by atoms with Gasteiger partial charge in [0.1, 0.15) is 5.82 Å². The molecule has 3 heterocycles. The number of benzene rings is 1. The van der Waals surface area contributed by atoms with Crippen LogP contribution in [0.25, 0.3) is 0 Å². The summed E-state index contributed by atoms with van der Waals surface area (Å²) in [4.78, 5) is 28.0. The van der Waals surface area contributed by atoms with Crippen LogP contribution in [0, 0.1) is 6.92 Å². The maximum atomic E-state index is 12.4. The fraction of sp³-hybridized carbons (Fsp3) is 0.304. The predicted molar refractivity (Wildman–Crippen MR) is 121 cm³/mol. The van der Waals surface area contributed by atoms with E-state index in [4.69, 9.17) is 9.72 Å². The van der Waals surface area contributed by atoms with Crippen molar-refractivity contribution in [3.8, 4) is 5.88 Å². The molecule has 31 heavy (non-hydrogen) atoms. The Balaban J connectivity index is 1.41. The topological polar surface area (TPSA) is 92.3 Å². The highest BCUT2D eigenvalue weighted by Crippen LogP contribution is 2.22. The fourth-order valence-corrected chi connectivity index (χ4v) is 3.50. The third-order valence-electron chi connectivity index (χ3n) is 5.13. The zero-order chi connectivity index (χ0) is 21.6. The molecule has 1 saturated heterocycles. The van der Waals surface area contributed by atoms with E-state index in [1.54, 1.807) is 12.1 Å². The van der Waals surface area contributed by atoms with E-state index in [0.29, 0.717) is 23.1 Å². The molecule has 0 bridgehead atoms. The van der Waals surface area contributed by atoms with E-state index in [2.05, 4.69) is 25.5 Å². The standard InChI is InChI=1S/C23H26N6O2/c1-16-14-20(29-12-4-3-5-13-29)28-23(25-16)27-19-9-7-18(8-10-19)26-22(30)17-6-11-21(31-2)24-15-17/h6-11,14-15H,3-5,12-13H2,1-2H3,(H,26,30)(H,25,27,28). The van der Waals surface area contributed by atoms with Crippen LogP contribution in [-0.2, 0) is 0 Å². The SMILES string of the molecule is COc1ccc(C(=O)Nc2ccc(Nc3nc(C)cc(N4CCCCC4)n3)cc2)cn1. The Morgan fingerprint density at radius 1 is 1.00 bits per heavy atom. The third kappa shape index (κ3) is 5.28. The minimum absolute atomic E-state index is 0.232.